The van der Waals surface area contributed by atoms with E-state index in [1.165, 1.54) is 0 Å². The van der Waals surface area contributed by atoms with Crippen LogP contribution in [0.5, 0.6) is 0 Å². The first kappa shape index (κ1) is 10.9. The quantitative estimate of drug-likeness (QED) is 0.358. The molecule has 0 aromatic heterocycles. The summed E-state index contributed by atoms with van der Waals surface area (Å²) in [5.41, 5.74) is 0. The molecule has 5 heteroatoms. The van der Waals surface area contributed by atoms with Gasteiger partial charge in [-0.15, -0.1) is 0 Å². The highest BCUT2D eigenvalue weighted by Crippen LogP contribution is 2.03. The molecule has 0 aliphatic carbocycles. The van der Waals surface area contributed by atoms with E-state index in [2.05, 4.69) is 4.89 Å². The van der Waals surface area contributed by atoms with Crippen molar-refractivity contribution in [2.24, 2.45) is 0 Å². The average molecular weight is 173 g/mol. The molecule has 0 aliphatic heterocycles. The van der Waals surface area contributed by atoms with E-state index in [4.69, 9.17) is 15.6 Å². The maximum Gasteiger partial charge on any atom is 0.370 e. The van der Waals surface area contributed by atoms with Gasteiger partial charge in [-0.25, -0.2) is 4.79 Å². The van der Waals surface area contributed by atoms with Crippen LogP contribution in [0, 0.1) is 11.3 Å². The van der Waals surface area contributed by atoms with Gasteiger partial charge in [0.2, 0.25) is 0 Å². The lowest BCUT2D eigenvalue weighted by Crippen LogP contribution is -2.21. The number of carbonyl (C=O) groups excluding carboxylic acids is 1. The lowest BCUT2D eigenvalue weighted by Gasteiger charge is -2.04. The molecule has 0 rings (SSSR count). The van der Waals surface area contributed by atoms with Crippen LogP contribution in [-0.4, -0.2) is 22.4 Å². The smallest absolute Gasteiger partial charge is 0.370 e. The minimum Gasteiger partial charge on any atom is -0.381 e. The number of aliphatic hydroxyl groups is 1. The van der Waals surface area contributed by atoms with Crippen molar-refractivity contribution in [2.45, 2.75) is 31.8 Å². The molecule has 68 valence electrons. The average Bonchev–Trinajstić information content (AvgIpc) is 2.10. The first-order valence-electron chi connectivity index (χ1n) is 3.62. The van der Waals surface area contributed by atoms with E-state index in [1.807, 2.05) is 6.07 Å². The Balaban J connectivity index is 3.38. The van der Waals surface area contributed by atoms with Crippen LogP contribution in [0.2, 0.25) is 0 Å². The lowest BCUT2D eigenvalue weighted by molar-refractivity contribution is -0.242. The van der Waals surface area contributed by atoms with Gasteiger partial charge in [0, 0.05) is 6.42 Å². The maximum atomic E-state index is 10.4. The Hall–Kier alpha value is -1.12. The summed E-state index contributed by atoms with van der Waals surface area (Å²) in [5.74, 6) is -1.05. The van der Waals surface area contributed by atoms with Crippen molar-refractivity contribution in [3.05, 3.63) is 0 Å². The van der Waals surface area contributed by atoms with Crippen molar-refractivity contribution in [2.75, 3.05) is 0 Å². The van der Waals surface area contributed by atoms with E-state index in [0.29, 0.717) is 19.3 Å². The molecule has 0 amide bonds. The summed E-state index contributed by atoms with van der Waals surface area (Å²) in [5, 5.41) is 24.9. The Bertz CT molecular complexity index is 175. The summed E-state index contributed by atoms with van der Waals surface area (Å²) in [7, 11) is 0. The van der Waals surface area contributed by atoms with Crippen molar-refractivity contribution in [1.29, 1.82) is 5.26 Å². The van der Waals surface area contributed by atoms with E-state index in [0.717, 1.165) is 0 Å². The van der Waals surface area contributed by atoms with Gasteiger partial charge in [-0.1, -0.05) is 0 Å². The van der Waals surface area contributed by atoms with Crippen molar-refractivity contribution in [3.63, 3.8) is 0 Å². The Kier molecular flexibility index (Phi) is 5.97. The second-order valence-corrected chi connectivity index (χ2v) is 2.33. The molecule has 0 aromatic rings. The molecule has 0 saturated heterocycles. The molecule has 0 bridgehead atoms. The number of nitrogens with zero attached hydrogens (tertiary/aromatic N) is 1. The molecule has 5 nitrogen and oxygen atoms in total. The van der Waals surface area contributed by atoms with Gasteiger partial charge in [-0.3, -0.25) is 4.89 Å². The molecular formula is C7H11NO4. The van der Waals surface area contributed by atoms with Gasteiger partial charge >= 0.3 is 5.97 Å². The fourth-order valence-electron chi connectivity index (χ4n) is 0.720. The van der Waals surface area contributed by atoms with Crippen LogP contribution in [0.25, 0.3) is 0 Å². The fourth-order valence-corrected chi connectivity index (χ4v) is 0.720. The van der Waals surface area contributed by atoms with Crippen LogP contribution < -0.4 is 0 Å². The highest BCUT2D eigenvalue weighted by Gasteiger charge is 2.15. The van der Waals surface area contributed by atoms with E-state index in [-0.39, 0.29) is 6.42 Å². The third-order valence-electron chi connectivity index (χ3n) is 1.38. The number of unbranched alkanes of at least 4 members (excludes halogenated alkanes) is 2. The third-order valence-corrected chi connectivity index (χ3v) is 1.38. The summed E-state index contributed by atoms with van der Waals surface area (Å²) >= 11 is 0. The molecule has 0 fully saturated rings. The zero-order valence-corrected chi connectivity index (χ0v) is 6.56. The Morgan fingerprint density at radius 3 is 2.75 bits per heavy atom. The van der Waals surface area contributed by atoms with E-state index in [9.17, 15) is 4.79 Å². The summed E-state index contributed by atoms with van der Waals surface area (Å²) < 4.78 is 0. The lowest BCUT2D eigenvalue weighted by atomic mass is 10.1. The van der Waals surface area contributed by atoms with Crippen molar-refractivity contribution in [3.8, 4) is 6.07 Å². The van der Waals surface area contributed by atoms with Crippen LogP contribution >= 0.6 is 0 Å². The minimum atomic E-state index is -1.28. The molecule has 0 radical (unpaired) electrons. The highest BCUT2D eigenvalue weighted by molar-refractivity contribution is 5.73. The molecule has 0 saturated carbocycles. The second-order valence-electron chi connectivity index (χ2n) is 2.33. The molecule has 0 aliphatic rings. The van der Waals surface area contributed by atoms with Gasteiger partial charge in [0.15, 0.2) is 6.10 Å². The number of hydrogen-bond acceptors (Lipinski definition) is 5. The van der Waals surface area contributed by atoms with Crippen molar-refractivity contribution < 1.29 is 20.0 Å². The third kappa shape index (κ3) is 4.66. The Labute approximate surface area is 70.1 Å². The summed E-state index contributed by atoms with van der Waals surface area (Å²) in [6.07, 6.45) is 0.520. The van der Waals surface area contributed by atoms with Crippen LogP contribution in [0.4, 0.5) is 0 Å². The highest BCUT2D eigenvalue weighted by atomic mass is 17.1. The maximum absolute atomic E-state index is 10.4. The predicted octanol–water partition coefficient (Wildman–Crippen LogP) is 0.447. The predicted molar refractivity (Wildman–Crippen MR) is 38.8 cm³/mol. The molecule has 12 heavy (non-hydrogen) atoms. The first-order chi connectivity index (χ1) is 5.72. The van der Waals surface area contributed by atoms with Crippen LogP contribution in [0.1, 0.15) is 25.7 Å². The van der Waals surface area contributed by atoms with Gasteiger partial charge in [0.25, 0.3) is 0 Å². The summed E-state index contributed by atoms with van der Waals surface area (Å²) in [6.45, 7) is 0. The number of rotatable bonds is 5. The minimum absolute atomic E-state index is 0.209. The van der Waals surface area contributed by atoms with Crippen LogP contribution in [0.15, 0.2) is 0 Å². The Morgan fingerprint density at radius 2 is 2.25 bits per heavy atom. The van der Waals surface area contributed by atoms with Crippen molar-refractivity contribution >= 4 is 5.97 Å². The van der Waals surface area contributed by atoms with Gasteiger partial charge in [0.1, 0.15) is 0 Å². The van der Waals surface area contributed by atoms with Gasteiger partial charge in [-0.2, -0.15) is 10.5 Å². The molecule has 0 spiro atoms. The fraction of sp³-hybridized carbons (Fsp3) is 0.714. The molecule has 1 unspecified atom stereocenters. The SMILES string of the molecule is N#CCCCCC(O)C(=O)OO. The molecule has 1 atom stereocenters. The van der Waals surface area contributed by atoms with Gasteiger partial charge in [0.05, 0.1) is 6.07 Å². The normalized spacial score (nSPS) is 11.8. The van der Waals surface area contributed by atoms with E-state index < -0.39 is 12.1 Å². The molecule has 2 N–H and O–H groups in total. The van der Waals surface area contributed by atoms with E-state index in [1.54, 1.807) is 0 Å². The van der Waals surface area contributed by atoms with Gasteiger partial charge in [-0.05, 0) is 19.3 Å². The number of nitriles is 1. The zero-order chi connectivity index (χ0) is 9.40. The number of aliphatic hydroxyl groups excluding tert-OH is 1. The number of carbonyl (C=O) groups is 1. The topological polar surface area (TPSA) is 90.5 Å². The summed E-state index contributed by atoms with van der Waals surface area (Å²) in [6, 6.07) is 1.94. The Morgan fingerprint density at radius 1 is 1.58 bits per heavy atom. The summed E-state index contributed by atoms with van der Waals surface area (Å²) in [4.78, 5) is 13.7. The van der Waals surface area contributed by atoms with Crippen LogP contribution in [0.3, 0.4) is 0 Å². The van der Waals surface area contributed by atoms with Gasteiger partial charge < -0.3 is 5.11 Å². The standard InChI is InChI=1S/C7H11NO4/c8-5-3-1-2-4-6(9)7(10)12-11/h6,9,11H,1-4H2. The molecule has 0 aromatic carbocycles. The molecule has 0 heterocycles. The largest absolute Gasteiger partial charge is 0.381 e. The van der Waals surface area contributed by atoms with Crippen molar-refractivity contribution in [1.82, 2.24) is 0 Å². The van der Waals surface area contributed by atoms with E-state index >= 15 is 0 Å². The first-order valence-corrected chi connectivity index (χ1v) is 3.62. The van der Waals surface area contributed by atoms with Crippen LogP contribution in [-0.2, 0) is 9.68 Å². The monoisotopic (exact) mass is 173 g/mol. The zero-order valence-electron chi connectivity index (χ0n) is 6.56. The second kappa shape index (κ2) is 6.58. The molecular weight excluding hydrogens is 162 g/mol. The number of hydrogen-bond donors (Lipinski definition) is 2.